The molecule has 0 saturated heterocycles. The standard InChI is InChI=1S/C27H36O4/c1-7-10-11-20-12-14-21(15-13-20)26(29)31-25-19(4)16-23(27(5,6)8-2)17-22(25)18-24(28)30-9-3/h12-17H,7-11,18H2,1-6H3. The molecule has 0 aromatic heterocycles. The second-order valence-electron chi connectivity index (χ2n) is 8.69. The molecule has 0 aliphatic rings. The Morgan fingerprint density at radius 3 is 2.26 bits per heavy atom. The Balaban J connectivity index is 2.34. The van der Waals surface area contributed by atoms with Gasteiger partial charge in [0, 0.05) is 5.56 Å². The van der Waals surface area contributed by atoms with E-state index in [4.69, 9.17) is 9.47 Å². The minimum Gasteiger partial charge on any atom is -0.466 e. The molecule has 31 heavy (non-hydrogen) atoms. The van der Waals surface area contributed by atoms with Gasteiger partial charge in [0.25, 0.3) is 0 Å². The zero-order valence-electron chi connectivity index (χ0n) is 19.8. The van der Waals surface area contributed by atoms with Gasteiger partial charge in [0.05, 0.1) is 18.6 Å². The first-order valence-electron chi connectivity index (χ1n) is 11.3. The third kappa shape index (κ3) is 6.68. The highest BCUT2D eigenvalue weighted by Crippen LogP contribution is 2.34. The smallest absolute Gasteiger partial charge is 0.343 e. The van der Waals surface area contributed by atoms with Crippen molar-refractivity contribution >= 4 is 11.9 Å². The van der Waals surface area contributed by atoms with E-state index in [1.807, 2.05) is 37.3 Å². The van der Waals surface area contributed by atoms with Gasteiger partial charge in [-0.25, -0.2) is 4.79 Å². The van der Waals surface area contributed by atoms with E-state index in [0.29, 0.717) is 23.5 Å². The Labute approximate surface area is 187 Å². The minimum atomic E-state index is -0.419. The lowest BCUT2D eigenvalue weighted by atomic mass is 9.80. The third-order valence-electron chi connectivity index (χ3n) is 5.86. The van der Waals surface area contributed by atoms with Crippen LogP contribution in [0, 0.1) is 6.92 Å². The molecular weight excluding hydrogens is 388 g/mol. The Bertz CT molecular complexity index is 894. The van der Waals surface area contributed by atoms with Gasteiger partial charge in [0.2, 0.25) is 0 Å². The minimum absolute atomic E-state index is 0.0506. The number of hydrogen-bond acceptors (Lipinski definition) is 4. The summed E-state index contributed by atoms with van der Waals surface area (Å²) < 4.78 is 11.0. The Morgan fingerprint density at radius 1 is 1.00 bits per heavy atom. The average Bonchev–Trinajstić information content (AvgIpc) is 2.74. The summed E-state index contributed by atoms with van der Waals surface area (Å²) in [5.74, 6) is -0.299. The number of carbonyl (C=O) groups excluding carboxylic acids is 2. The molecule has 0 aliphatic carbocycles. The second-order valence-corrected chi connectivity index (χ2v) is 8.69. The number of rotatable bonds is 10. The second kappa shape index (κ2) is 11.1. The molecule has 2 aromatic carbocycles. The molecule has 168 valence electrons. The van der Waals surface area contributed by atoms with Gasteiger partial charge in [-0.15, -0.1) is 0 Å². The summed E-state index contributed by atoms with van der Waals surface area (Å²) in [6.07, 6.45) is 4.29. The number of aryl methyl sites for hydroxylation is 2. The van der Waals surface area contributed by atoms with E-state index in [2.05, 4.69) is 33.8 Å². The number of hydrogen-bond donors (Lipinski definition) is 0. The van der Waals surface area contributed by atoms with Gasteiger partial charge in [-0.05, 0) is 67.3 Å². The fourth-order valence-electron chi connectivity index (χ4n) is 3.43. The van der Waals surface area contributed by atoms with Gasteiger partial charge >= 0.3 is 11.9 Å². The van der Waals surface area contributed by atoms with Crippen molar-refractivity contribution in [3.05, 3.63) is 64.2 Å². The SMILES string of the molecule is CCCCc1ccc(C(=O)Oc2c(C)cc(C(C)(C)CC)cc2CC(=O)OCC)cc1. The van der Waals surface area contributed by atoms with E-state index in [9.17, 15) is 9.59 Å². The number of unbranched alkanes of at least 4 members (excludes halogenated alkanes) is 1. The van der Waals surface area contributed by atoms with Crippen molar-refractivity contribution in [2.24, 2.45) is 0 Å². The van der Waals surface area contributed by atoms with Crippen LogP contribution in [0.25, 0.3) is 0 Å². The molecule has 0 aliphatic heterocycles. The van der Waals surface area contributed by atoms with Gasteiger partial charge < -0.3 is 9.47 Å². The zero-order chi connectivity index (χ0) is 23.0. The van der Waals surface area contributed by atoms with Gasteiger partial charge in [-0.3, -0.25) is 4.79 Å². The van der Waals surface area contributed by atoms with Crippen LogP contribution in [0.1, 0.15) is 86.5 Å². The van der Waals surface area contributed by atoms with Gasteiger partial charge in [0.15, 0.2) is 0 Å². The first kappa shape index (κ1) is 24.6. The lowest BCUT2D eigenvalue weighted by molar-refractivity contribution is -0.142. The number of ether oxygens (including phenoxy) is 2. The summed E-state index contributed by atoms with van der Waals surface area (Å²) in [5.41, 5.74) is 4.30. The lowest BCUT2D eigenvalue weighted by Gasteiger charge is -2.26. The molecule has 2 rings (SSSR count). The molecule has 0 amide bonds. The largest absolute Gasteiger partial charge is 0.466 e. The molecule has 0 spiro atoms. The first-order chi connectivity index (χ1) is 14.7. The van der Waals surface area contributed by atoms with Crippen LogP contribution in [0.5, 0.6) is 5.75 Å². The summed E-state index contributed by atoms with van der Waals surface area (Å²) in [6.45, 7) is 12.7. The summed E-state index contributed by atoms with van der Waals surface area (Å²) in [5, 5.41) is 0. The summed E-state index contributed by atoms with van der Waals surface area (Å²) in [7, 11) is 0. The molecule has 0 radical (unpaired) electrons. The van der Waals surface area contributed by atoms with E-state index in [-0.39, 0.29) is 17.8 Å². The van der Waals surface area contributed by atoms with Crippen LogP contribution in [-0.2, 0) is 27.8 Å². The molecular formula is C27H36O4. The molecule has 0 N–H and O–H groups in total. The van der Waals surface area contributed by atoms with E-state index < -0.39 is 5.97 Å². The van der Waals surface area contributed by atoms with Crippen LogP contribution in [0.3, 0.4) is 0 Å². The van der Waals surface area contributed by atoms with Gasteiger partial charge in [0.1, 0.15) is 5.75 Å². The topological polar surface area (TPSA) is 52.6 Å². The van der Waals surface area contributed by atoms with Crippen molar-refractivity contribution < 1.29 is 19.1 Å². The van der Waals surface area contributed by atoms with Crippen LogP contribution in [0.15, 0.2) is 36.4 Å². The number of esters is 2. The summed E-state index contributed by atoms with van der Waals surface area (Å²) in [6, 6.07) is 11.6. The lowest BCUT2D eigenvalue weighted by Crippen LogP contribution is -2.19. The van der Waals surface area contributed by atoms with Crippen LogP contribution in [0.2, 0.25) is 0 Å². The number of benzene rings is 2. The highest BCUT2D eigenvalue weighted by Gasteiger charge is 2.24. The third-order valence-corrected chi connectivity index (χ3v) is 5.86. The van der Waals surface area contributed by atoms with Crippen molar-refractivity contribution in [1.29, 1.82) is 0 Å². The predicted octanol–water partition coefficient (Wildman–Crippen LogP) is 6.35. The normalized spacial score (nSPS) is 11.3. The zero-order valence-corrected chi connectivity index (χ0v) is 19.8. The van der Waals surface area contributed by atoms with Gasteiger partial charge in [-0.2, -0.15) is 0 Å². The fraction of sp³-hybridized carbons (Fsp3) is 0.481. The van der Waals surface area contributed by atoms with Crippen molar-refractivity contribution in [3.8, 4) is 5.75 Å². The molecule has 0 fully saturated rings. The Kier molecular flexibility index (Phi) is 8.85. The highest BCUT2D eigenvalue weighted by molar-refractivity contribution is 5.91. The quantitative estimate of drug-likeness (QED) is 0.329. The molecule has 2 aromatic rings. The molecule has 0 atom stereocenters. The summed E-state index contributed by atoms with van der Waals surface area (Å²) in [4.78, 5) is 25.1. The maximum absolute atomic E-state index is 12.9. The molecule has 4 heteroatoms. The van der Waals surface area contributed by atoms with Crippen molar-refractivity contribution in [2.45, 2.75) is 79.1 Å². The molecule has 0 bridgehead atoms. The summed E-state index contributed by atoms with van der Waals surface area (Å²) >= 11 is 0. The number of carbonyl (C=O) groups is 2. The predicted molar refractivity (Wildman–Crippen MR) is 125 cm³/mol. The van der Waals surface area contributed by atoms with Gasteiger partial charge in [-0.1, -0.05) is 58.4 Å². The van der Waals surface area contributed by atoms with Crippen LogP contribution in [-0.4, -0.2) is 18.5 Å². The molecule has 0 saturated carbocycles. The maximum Gasteiger partial charge on any atom is 0.343 e. The first-order valence-corrected chi connectivity index (χ1v) is 11.3. The molecule has 0 unspecified atom stereocenters. The molecule has 4 nitrogen and oxygen atoms in total. The van der Waals surface area contributed by atoms with Crippen LogP contribution < -0.4 is 4.74 Å². The monoisotopic (exact) mass is 424 g/mol. The van der Waals surface area contributed by atoms with Crippen LogP contribution >= 0.6 is 0 Å². The Hall–Kier alpha value is -2.62. The van der Waals surface area contributed by atoms with Crippen molar-refractivity contribution in [3.63, 3.8) is 0 Å². The Morgan fingerprint density at radius 2 is 1.68 bits per heavy atom. The van der Waals surface area contributed by atoms with Crippen molar-refractivity contribution in [2.75, 3.05) is 6.61 Å². The van der Waals surface area contributed by atoms with E-state index in [1.165, 1.54) is 5.56 Å². The van der Waals surface area contributed by atoms with E-state index in [1.54, 1.807) is 6.92 Å². The highest BCUT2D eigenvalue weighted by atomic mass is 16.5. The van der Waals surface area contributed by atoms with Crippen LogP contribution in [0.4, 0.5) is 0 Å². The maximum atomic E-state index is 12.9. The van der Waals surface area contributed by atoms with E-state index >= 15 is 0 Å². The molecule has 0 heterocycles. The average molecular weight is 425 g/mol. The fourth-order valence-corrected chi connectivity index (χ4v) is 3.43. The van der Waals surface area contributed by atoms with Crippen molar-refractivity contribution in [1.82, 2.24) is 0 Å². The van der Waals surface area contributed by atoms with E-state index in [0.717, 1.165) is 36.8 Å².